The molecule has 0 aromatic carbocycles. The van der Waals surface area contributed by atoms with E-state index in [0.29, 0.717) is 6.54 Å². The SMILES string of the molecule is CC1CN(CCN2CCOCC2)C(CN)C(=O)N1. The minimum atomic E-state index is -0.165. The maximum atomic E-state index is 11.8. The van der Waals surface area contributed by atoms with E-state index in [9.17, 15) is 4.79 Å². The van der Waals surface area contributed by atoms with Crippen molar-refractivity contribution < 1.29 is 9.53 Å². The molecular formula is C12H24N4O2. The maximum absolute atomic E-state index is 11.8. The molecule has 2 aliphatic rings. The van der Waals surface area contributed by atoms with Crippen molar-refractivity contribution in [2.24, 2.45) is 5.73 Å². The van der Waals surface area contributed by atoms with Crippen LogP contribution in [0.2, 0.25) is 0 Å². The molecule has 0 bridgehead atoms. The Bertz CT molecular complexity index is 281. The molecule has 6 heteroatoms. The van der Waals surface area contributed by atoms with Gasteiger partial charge in [0, 0.05) is 45.3 Å². The van der Waals surface area contributed by atoms with Crippen molar-refractivity contribution in [2.75, 3.05) is 52.5 Å². The summed E-state index contributed by atoms with van der Waals surface area (Å²) in [7, 11) is 0. The highest BCUT2D eigenvalue weighted by atomic mass is 16.5. The van der Waals surface area contributed by atoms with E-state index in [1.54, 1.807) is 0 Å². The Morgan fingerprint density at radius 1 is 1.39 bits per heavy atom. The molecule has 0 aliphatic carbocycles. The number of hydrogen-bond donors (Lipinski definition) is 2. The number of nitrogens with zero attached hydrogens (tertiary/aromatic N) is 2. The Labute approximate surface area is 108 Å². The predicted molar refractivity (Wildman–Crippen MR) is 69.3 cm³/mol. The molecule has 18 heavy (non-hydrogen) atoms. The smallest absolute Gasteiger partial charge is 0.238 e. The first-order valence-corrected chi connectivity index (χ1v) is 6.75. The molecule has 104 valence electrons. The lowest BCUT2D eigenvalue weighted by molar-refractivity contribution is -0.130. The molecule has 2 rings (SSSR count). The van der Waals surface area contributed by atoms with Gasteiger partial charge in [-0.15, -0.1) is 0 Å². The van der Waals surface area contributed by atoms with E-state index >= 15 is 0 Å². The Morgan fingerprint density at radius 2 is 2.11 bits per heavy atom. The first-order valence-electron chi connectivity index (χ1n) is 6.75. The van der Waals surface area contributed by atoms with Gasteiger partial charge in [0.15, 0.2) is 0 Å². The number of carbonyl (C=O) groups excluding carboxylic acids is 1. The second-order valence-electron chi connectivity index (χ2n) is 5.11. The molecule has 2 fully saturated rings. The van der Waals surface area contributed by atoms with E-state index in [1.807, 2.05) is 6.92 Å². The Morgan fingerprint density at radius 3 is 2.78 bits per heavy atom. The average Bonchev–Trinajstić information content (AvgIpc) is 2.37. The molecule has 3 N–H and O–H groups in total. The minimum absolute atomic E-state index is 0.0678. The van der Waals surface area contributed by atoms with Gasteiger partial charge in [0.2, 0.25) is 5.91 Å². The molecule has 2 heterocycles. The van der Waals surface area contributed by atoms with Crippen molar-refractivity contribution in [3.8, 4) is 0 Å². The fraction of sp³-hybridized carbons (Fsp3) is 0.917. The standard InChI is InChI=1S/C12H24N4O2/c1-10-9-16(11(8-13)12(17)14-10)3-2-15-4-6-18-7-5-15/h10-11H,2-9,13H2,1H3,(H,14,17). The van der Waals surface area contributed by atoms with E-state index in [-0.39, 0.29) is 18.0 Å². The topological polar surface area (TPSA) is 70.8 Å². The first-order chi connectivity index (χ1) is 8.70. The zero-order chi connectivity index (χ0) is 13.0. The monoisotopic (exact) mass is 256 g/mol. The molecule has 0 radical (unpaired) electrons. The van der Waals surface area contributed by atoms with Gasteiger partial charge in [0.25, 0.3) is 0 Å². The van der Waals surface area contributed by atoms with Crippen LogP contribution in [0, 0.1) is 0 Å². The number of piperazine rings is 1. The average molecular weight is 256 g/mol. The van der Waals surface area contributed by atoms with E-state index in [0.717, 1.165) is 45.9 Å². The predicted octanol–water partition coefficient (Wildman–Crippen LogP) is -1.53. The molecular weight excluding hydrogens is 232 g/mol. The van der Waals surface area contributed by atoms with Crippen LogP contribution in [0.25, 0.3) is 0 Å². The number of rotatable bonds is 4. The Kier molecular flexibility index (Phi) is 4.94. The van der Waals surface area contributed by atoms with Crippen molar-refractivity contribution in [3.05, 3.63) is 0 Å². The Hall–Kier alpha value is -0.690. The lowest BCUT2D eigenvalue weighted by Crippen LogP contribution is -2.62. The molecule has 6 nitrogen and oxygen atoms in total. The van der Waals surface area contributed by atoms with Crippen LogP contribution >= 0.6 is 0 Å². The van der Waals surface area contributed by atoms with Gasteiger partial charge < -0.3 is 15.8 Å². The van der Waals surface area contributed by atoms with Crippen LogP contribution in [0.1, 0.15) is 6.92 Å². The number of hydrogen-bond acceptors (Lipinski definition) is 5. The van der Waals surface area contributed by atoms with E-state index in [2.05, 4.69) is 15.1 Å². The zero-order valence-electron chi connectivity index (χ0n) is 11.1. The highest BCUT2D eigenvalue weighted by molar-refractivity contribution is 5.83. The van der Waals surface area contributed by atoms with Crippen LogP contribution in [0.3, 0.4) is 0 Å². The van der Waals surface area contributed by atoms with Gasteiger partial charge >= 0.3 is 0 Å². The zero-order valence-corrected chi connectivity index (χ0v) is 11.1. The summed E-state index contributed by atoms with van der Waals surface area (Å²) < 4.78 is 5.33. The minimum Gasteiger partial charge on any atom is -0.379 e. The van der Waals surface area contributed by atoms with E-state index in [4.69, 9.17) is 10.5 Å². The fourth-order valence-corrected chi connectivity index (χ4v) is 2.63. The third-order valence-corrected chi connectivity index (χ3v) is 3.67. The molecule has 0 aromatic heterocycles. The summed E-state index contributed by atoms with van der Waals surface area (Å²) in [4.78, 5) is 16.4. The van der Waals surface area contributed by atoms with Gasteiger partial charge in [-0.3, -0.25) is 14.6 Å². The normalized spacial score (nSPS) is 31.3. The Balaban J connectivity index is 1.83. The number of nitrogens with two attached hydrogens (primary N) is 1. The third-order valence-electron chi connectivity index (χ3n) is 3.67. The second-order valence-corrected chi connectivity index (χ2v) is 5.11. The van der Waals surface area contributed by atoms with Crippen molar-refractivity contribution >= 4 is 5.91 Å². The lowest BCUT2D eigenvalue weighted by Gasteiger charge is -2.39. The quantitative estimate of drug-likeness (QED) is 0.638. The molecule has 0 saturated carbocycles. The highest BCUT2D eigenvalue weighted by Gasteiger charge is 2.31. The largest absolute Gasteiger partial charge is 0.379 e. The lowest BCUT2D eigenvalue weighted by atomic mass is 10.1. The van der Waals surface area contributed by atoms with Gasteiger partial charge in [-0.1, -0.05) is 0 Å². The summed E-state index contributed by atoms with van der Waals surface area (Å²) in [6.07, 6.45) is 0. The molecule has 0 spiro atoms. The molecule has 2 unspecified atom stereocenters. The van der Waals surface area contributed by atoms with Gasteiger partial charge in [-0.25, -0.2) is 0 Å². The van der Waals surface area contributed by atoms with Gasteiger partial charge in [0.05, 0.1) is 13.2 Å². The highest BCUT2D eigenvalue weighted by Crippen LogP contribution is 2.08. The third kappa shape index (κ3) is 3.41. The number of amides is 1. The molecule has 1 amide bonds. The summed E-state index contributed by atoms with van der Waals surface area (Å²) in [6, 6.07) is 0.0484. The fourth-order valence-electron chi connectivity index (χ4n) is 2.63. The van der Waals surface area contributed by atoms with Crippen molar-refractivity contribution in [1.82, 2.24) is 15.1 Å². The number of nitrogens with one attached hydrogen (secondary N) is 1. The molecule has 2 aliphatic heterocycles. The summed E-state index contributed by atoms with van der Waals surface area (Å²) in [5.41, 5.74) is 5.70. The summed E-state index contributed by atoms with van der Waals surface area (Å²) in [5.74, 6) is 0.0678. The van der Waals surface area contributed by atoms with Gasteiger partial charge in [-0.2, -0.15) is 0 Å². The number of morpholine rings is 1. The van der Waals surface area contributed by atoms with Gasteiger partial charge in [0.1, 0.15) is 6.04 Å². The summed E-state index contributed by atoms with van der Waals surface area (Å²) in [5, 5.41) is 2.95. The van der Waals surface area contributed by atoms with Crippen molar-refractivity contribution in [3.63, 3.8) is 0 Å². The second kappa shape index (κ2) is 6.47. The summed E-state index contributed by atoms with van der Waals surface area (Å²) >= 11 is 0. The van der Waals surface area contributed by atoms with Gasteiger partial charge in [-0.05, 0) is 6.92 Å². The van der Waals surface area contributed by atoms with Crippen molar-refractivity contribution in [1.29, 1.82) is 0 Å². The number of ether oxygens (including phenoxy) is 1. The maximum Gasteiger partial charge on any atom is 0.238 e. The van der Waals surface area contributed by atoms with Crippen LogP contribution in [0.4, 0.5) is 0 Å². The van der Waals surface area contributed by atoms with Crippen LogP contribution in [0.5, 0.6) is 0 Å². The van der Waals surface area contributed by atoms with Crippen LogP contribution in [-0.2, 0) is 9.53 Å². The van der Waals surface area contributed by atoms with Crippen LogP contribution in [0.15, 0.2) is 0 Å². The molecule has 0 aromatic rings. The summed E-state index contributed by atoms with van der Waals surface area (Å²) in [6.45, 7) is 8.81. The van der Waals surface area contributed by atoms with E-state index in [1.165, 1.54) is 0 Å². The molecule has 2 atom stereocenters. The van der Waals surface area contributed by atoms with E-state index < -0.39 is 0 Å². The first kappa shape index (κ1) is 13.7. The van der Waals surface area contributed by atoms with Crippen LogP contribution < -0.4 is 11.1 Å². The van der Waals surface area contributed by atoms with Crippen molar-refractivity contribution in [2.45, 2.75) is 19.0 Å². The van der Waals surface area contributed by atoms with Crippen LogP contribution in [-0.4, -0.2) is 80.3 Å². The number of carbonyl (C=O) groups is 1. The molecule has 2 saturated heterocycles.